The smallest absolute Gasteiger partial charge is 0.231 e. The molecule has 0 atom stereocenters. The molecule has 0 bridgehead atoms. The predicted molar refractivity (Wildman–Crippen MR) is 65.5 cm³/mol. The van der Waals surface area contributed by atoms with Crippen molar-refractivity contribution < 1.29 is 14.3 Å². The first-order chi connectivity index (χ1) is 8.15. The SMILES string of the molecule is CC(C)c1c(CCON)cc(Cl)c2c1OCO2. The Bertz CT molecular complexity index is 421. The van der Waals surface area contributed by atoms with E-state index in [1.54, 1.807) is 0 Å². The van der Waals surface area contributed by atoms with Gasteiger partial charge in [-0.3, -0.25) is 0 Å². The Morgan fingerprint density at radius 3 is 2.76 bits per heavy atom. The summed E-state index contributed by atoms with van der Waals surface area (Å²) in [4.78, 5) is 4.62. The lowest BCUT2D eigenvalue weighted by atomic mass is 9.94. The summed E-state index contributed by atoms with van der Waals surface area (Å²) in [6, 6.07) is 1.91. The van der Waals surface area contributed by atoms with Gasteiger partial charge in [-0.05, 0) is 24.0 Å². The molecule has 4 nitrogen and oxygen atoms in total. The highest BCUT2D eigenvalue weighted by atomic mass is 35.5. The Balaban J connectivity index is 2.47. The van der Waals surface area contributed by atoms with Crippen LogP contribution in [0.15, 0.2) is 6.07 Å². The standard InChI is InChI=1S/C12H16ClNO3/c1-7(2)10-8(3-4-17-14)5-9(13)11-12(10)16-6-15-11/h5,7H,3-4,6,14H2,1-2H3. The van der Waals surface area contributed by atoms with E-state index in [1.807, 2.05) is 6.07 Å². The zero-order valence-corrected chi connectivity index (χ0v) is 10.7. The van der Waals surface area contributed by atoms with E-state index >= 15 is 0 Å². The quantitative estimate of drug-likeness (QED) is 0.843. The third-order valence-corrected chi connectivity index (χ3v) is 3.07. The molecule has 1 heterocycles. The average molecular weight is 258 g/mol. The van der Waals surface area contributed by atoms with Crippen molar-refractivity contribution in [2.75, 3.05) is 13.4 Å². The van der Waals surface area contributed by atoms with Crippen LogP contribution in [0.3, 0.4) is 0 Å². The van der Waals surface area contributed by atoms with E-state index in [2.05, 4.69) is 18.7 Å². The third kappa shape index (κ3) is 2.34. The molecular formula is C12H16ClNO3. The molecule has 1 aromatic carbocycles. The van der Waals surface area contributed by atoms with Gasteiger partial charge in [-0.25, -0.2) is 5.90 Å². The molecule has 0 aromatic heterocycles. The highest BCUT2D eigenvalue weighted by Crippen LogP contribution is 2.46. The number of halogens is 1. The Kier molecular flexibility index (Phi) is 3.76. The maximum absolute atomic E-state index is 6.15. The maximum atomic E-state index is 6.15. The van der Waals surface area contributed by atoms with E-state index < -0.39 is 0 Å². The summed E-state index contributed by atoms with van der Waals surface area (Å²) in [5.41, 5.74) is 2.22. The summed E-state index contributed by atoms with van der Waals surface area (Å²) < 4.78 is 10.9. The topological polar surface area (TPSA) is 53.7 Å². The number of hydrogen-bond acceptors (Lipinski definition) is 4. The molecule has 94 valence electrons. The van der Waals surface area contributed by atoms with Crippen molar-refractivity contribution in [3.8, 4) is 11.5 Å². The highest BCUT2D eigenvalue weighted by Gasteiger charge is 2.25. The summed E-state index contributed by atoms with van der Waals surface area (Å²) in [6.07, 6.45) is 0.709. The molecule has 0 aliphatic carbocycles. The fourth-order valence-electron chi connectivity index (χ4n) is 2.11. The predicted octanol–water partition coefficient (Wildman–Crippen LogP) is 2.62. The molecule has 1 aliphatic rings. The van der Waals surface area contributed by atoms with Crippen LogP contribution in [0.2, 0.25) is 5.02 Å². The van der Waals surface area contributed by atoms with Crippen LogP contribution in [-0.2, 0) is 11.3 Å². The summed E-state index contributed by atoms with van der Waals surface area (Å²) in [5.74, 6) is 6.80. The van der Waals surface area contributed by atoms with Crippen molar-refractivity contribution in [1.82, 2.24) is 0 Å². The lowest BCUT2D eigenvalue weighted by molar-refractivity contribution is 0.141. The Morgan fingerprint density at radius 1 is 1.41 bits per heavy atom. The normalized spacial score (nSPS) is 13.5. The van der Waals surface area contributed by atoms with Crippen LogP contribution in [0.1, 0.15) is 30.9 Å². The van der Waals surface area contributed by atoms with Gasteiger partial charge in [-0.1, -0.05) is 25.4 Å². The minimum absolute atomic E-state index is 0.228. The number of hydrogen-bond donors (Lipinski definition) is 1. The lowest BCUT2D eigenvalue weighted by Gasteiger charge is -2.16. The van der Waals surface area contributed by atoms with Crippen molar-refractivity contribution in [3.63, 3.8) is 0 Å². The van der Waals surface area contributed by atoms with Gasteiger partial charge in [0.1, 0.15) is 0 Å². The number of ether oxygens (including phenoxy) is 2. The van der Waals surface area contributed by atoms with E-state index in [-0.39, 0.29) is 6.79 Å². The average Bonchev–Trinajstić information content (AvgIpc) is 2.74. The zero-order chi connectivity index (χ0) is 12.4. The lowest BCUT2D eigenvalue weighted by Crippen LogP contribution is -2.07. The van der Waals surface area contributed by atoms with Crippen molar-refractivity contribution in [2.24, 2.45) is 5.90 Å². The van der Waals surface area contributed by atoms with E-state index in [4.69, 9.17) is 27.0 Å². The van der Waals surface area contributed by atoms with E-state index in [1.165, 1.54) is 0 Å². The van der Waals surface area contributed by atoms with Crippen LogP contribution in [-0.4, -0.2) is 13.4 Å². The molecule has 2 rings (SSSR count). The van der Waals surface area contributed by atoms with E-state index in [0.29, 0.717) is 29.7 Å². The van der Waals surface area contributed by atoms with Crippen molar-refractivity contribution >= 4 is 11.6 Å². The summed E-state index contributed by atoms with van der Waals surface area (Å²) in [6.45, 7) is 4.90. The van der Waals surface area contributed by atoms with Gasteiger partial charge in [-0.2, -0.15) is 0 Å². The molecular weight excluding hydrogens is 242 g/mol. The van der Waals surface area contributed by atoms with Crippen LogP contribution in [0, 0.1) is 0 Å². The largest absolute Gasteiger partial charge is 0.453 e. The fourth-order valence-corrected chi connectivity index (χ4v) is 2.38. The van der Waals surface area contributed by atoms with E-state index in [9.17, 15) is 0 Å². The van der Waals surface area contributed by atoms with Gasteiger partial charge in [0.15, 0.2) is 11.5 Å². The first-order valence-corrected chi connectivity index (χ1v) is 5.95. The molecule has 0 amide bonds. The second-order valence-electron chi connectivity index (χ2n) is 4.27. The van der Waals surface area contributed by atoms with Crippen molar-refractivity contribution in [2.45, 2.75) is 26.2 Å². The molecule has 0 saturated heterocycles. The van der Waals surface area contributed by atoms with Gasteiger partial charge in [0.2, 0.25) is 6.79 Å². The zero-order valence-electron chi connectivity index (χ0n) is 9.96. The number of fused-ring (bicyclic) bond motifs is 1. The van der Waals surface area contributed by atoms with Gasteiger partial charge in [0.25, 0.3) is 0 Å². The van der Waals surface area contributed by atoms with Gasteiger partial charge in [-0.15, -0.1) is 0 Å². The Hall–Kier alpha value is -0.970. The van der Waals surface area contributed by atoms with Gasteiger partial charge in [0, 0.05) is 5.56 Å². The van der Waals surface area contributed by atoms with Crippen LogP contribution >= 0.6 is 11.6 Å². The number of benzene rings is 1. The fraction of sp³-hybridized carbons (Fsp3) is 0.500. The molecule has 17 heavy (non-hydrogen) atoms. The molecule has 0 fully saturated rings. The second kappa shape index (κ2) is 5.12. The van der Waals surface area contributed by atoms with Gasteiger partial charge < -0.3 is 14.3 Å². The number of nitrogens with two attached hydrogens (primary N) is 1. The number of rotatable bonds is 4. The van der Waals surface area contributed by atoms with Crippen molar-refractivity contribution in [1.29, 1.82) is 0 Å². The molecule has 0 spiro atoms. The molecule has 0 radical (unpaired) electrons. The second-order valence-corrected chi connectivity index (χ2v) is 4.68. The summed E-state index contributed by atoms with van der Waals surface area (Å²) >= 11 is 6.15. The molecule has 5 heteroatoms. The van der Waals surface area contributed by atoms with Crippen LogP contribution in [0.5, 0.6) is 11.5 Å². The highest BCUT2D eigenvalue weighted by molar-refractivity contribution is 6.32. The molecule has 0 saturated carbocycles. The van der Waals surface area contributed by atoms with Crippen LogP contribution < -0.4 is 15.4 Å². The molecule has 2 N–H and O–H groups in total. The molecule has 1 aromatic rings. The van der Waals surface area contributed by atoms with Crippen molar-refractivity contribution in [3.05, 3.63) is 22.2 Å². The summed E-state index contributed by atoms with van der Waals surface area (Å²) in [5, 5.41) is 0.578. The minimum Gasteiger partial charge on any atom is -0.453 e. The minimum atomic E-state index is 0.228. The molecule has 1 aliphatic heterocycles. The van der Waals surface area contributed by atoms with Gasteiger partial charge >= 0.3 is 0 Å². The third-order valence-electron chi connectivity index (χ3n) is 2.79. The van der Waals surface area contributed by atoms with Gasteiger partial charge in [0.05, 0.1) is 11.6 Å². The van der Waals surface area contributed by atoms with Crippen LogP contribution in [0.25, 0.3) is 0 Å². The Labute approximate surface area is 106 Å². The first-order valence-electron chi connectivity index (χ1n) is 5.57. The summed E-state index contributed by atoms with van der Waals surface area (Å²) in [7, 11) is 0. The first kappa shape index (κ1) is 12.5. The van der Waals surface area contributed by atoms with Crippen LogP contribution in [0.4, 0.5) is 0 Å². The molecule has 0 unspecified atom stereocenters. The monoisotopic (exact) mass is 257 g/mol. The Morgan fingerprint density at radius 2 is 2.12 bits per heavy atom. The maximum Gasteiger partial charge on any atom is 0.231 e. The van der Waals surface area contributed by atoms with E-state index in [0.717, 1.165) is 16.9 Å².